The van der Waals surface area contributed by atoms with E-state index in [0.29, 0.717) is 6.54 Å². The van der Waals surface area contributed by atoms with E-state index >= 15 is 0 Å². The lowest BCUT2D eigenvalue weighted by Gasteiger charge is -2.26. The average molecular weight is 275 g/mol. The second kappa shape index (κ2) is 6.21. The molecule has 0 spiro atoms. The molecule has 6 heteroatoms. The predicted octanol–water partition coefficient (Wildman–Crippen LogP) is 2.14. The van der Waals surface area contributed by atoms with E-state index in [0.717, 1.165) is 0 Å². The minimum Gasteiger partial charge on any atom is -0.469 e. The molecular weight excluding hydrogens is 253 g/mol. The van der Waals surface area contributed by atoms with E-state index in [1.165, 1.54) is 12.0 Å². The number of carbonyl (C=O) groups excluding carboxylic acids is 2. The van der Waals surface area contributed by atoms with E-state index in [1.54, 1.807) is 20.8 Å². The molecule has 2 atom stereocenters. The Bertz CT molecular complexity index is 340. The molecule has 1 rings (SSSR count). The van der Waals surface area contributed by atoms with E-state index in [9.17, 15) is 14.0 Å². The highest BCUT2D eigenvalue weighted by molar-refractivity contribution is 5.73. The van der Waals surface area contributed by atoms with Gasteiger partial charge in [0.25, 0.3) is 0 Å². The summed E-state index contributed by atoms with van der Waals surface area (Å²) >= 11 is 0. The summed E-state index contributed by atoms with van der Waals surface area (Å²) in [5.41, 5.74) is -0.583. The SMILES string of the molecule is COC(=O)C1CCN(C(=O)OC(C)(C)C)CCC1F. The van der Waals surface area contributed by atoms with Gasteiger partial charge in [-0.05, 0) is 33.6 Å². The minimum absolute atomic E-state index is 0.124. The zero-order valence-corrected chi connectivity index (χ0v) is 11.9. The molecule has 110 valence electrons. The molecule has 1 saturated heterocycles. The van der Waals surface area contributed by atoms with Crippen molar-refractivity contribution in [3.05, 3.63) is 0 Å². The summed E-state index contributed by atoms with van der Waals surface area (Å²) in [4.78, 5) is 24.8. The Morgan fingerprint density at radius 3 is 2.32 bits per heavy atom. The van der Waals surface area contributed by atoms with Crippen LogP contribution in [0, 0.1) is 5.92 Å². The van der Waals surface area contributed by atoms with Gasteiger partial charge in [0.2, 0.25) is 0 Å². The van der Waals surface area contributed by atoms with Crippen molar-refractivity contribution in [2.24, 2.45) is 5.92 Å². The summed E-state index contributed by atoms with van der Waals surface area (Å²) in [6, 6.07) is 0. The first kappa shape index (κ1) is 15.7. The number of hydrogen-bond donors (Lipinski definition) is 0. The quantitative estimate of drug-likeness (QED) is 0.688. The van der Waals surface area contributed by atoms with Crippen LogP contribution in [-0.4, -0.2) is 48.9 Å². The molecule has 1 aliphatic heterocycles. The molecule has 0 radical (unpaired) electrons. The number of likely N-dealkylation sites (tertiary alicyclic amines) is 1. The van der Waals surface area contributed by atoms with Crippen molar-refractivity contribution in [2.45, 2.75) is 45.4 Å². The summed E-state index contributed by atoms with van der Waals surface area (Å²) in [5.74, 6) is -1.35. The van der Waals surface area contributed by atoms with Gasteiger partial charge in [0.05, 0.1) is 13.0 Å². The van der Waals surface area contributed by atoms with Crippen LogP contribution in [-0.2, 0) is 14.3 Å². The van der Waals surface area contributed by atoms with Crippen LogP contribution >= 0.6 is 0 Å². The van der Waals surface area contributed by atoms with Gasteiger partial charge in [-0.15, -0.1) is 0 Å². The van der Waals surface area contributed by atoms with Gasteiger partial charge in [-0.25, -0.2) is 9.18 Å². The summed E-state index contributed by atoms with van der Waals surface area (Å²) in [5, 5.41) is 0. The molecule has 0 aromatic rings. The second-order valence-corrected chi connectivity index (χ2v) is 5.69. The number of nitrogens with zero attached hydrogens (tertiary/aromatic N) is 1. The van der Waals surface area contributed by atoms with E-state index in [2.05, 4.69) is 4.74 Å². The zero-order valence-electron chi connectivity index (χ0n) is 11.9. The number of halogens is 1. The first-order chi connectivity index (χ1) is 8.74. The lowest BCUT2D eigenvalue weighted by atomic mass is 9.99. The van der Waals surface area contributed by atoms with Crippen molar-refractivity contribution in [3.63, 3.8) is 0 Å². The van der Waals surface area contributed by atoms with Crippen LogP contribution in [0.4, 0.5) is 9.18 Å². The Hall–Kier alpha value is -1.33. The fourth-order valence-electron chi connectivity index (χ4n) is 1.99. The molecule has 1 fully saturated rings. The van der Waals surface area contributed by atoms with Gasteiger partial charge in [0.15, 0.2) is 0 Å². The van der Waals surface area contributed by atoms with Gasteiger partial charge >= 0.3 is 12.1 Å². The Labute approximate surface area is 113 Å². The van der Waals surface area contributed by atoms with Crippen molar-refractivity contribution in [3.8, 4) is 0 Å². The lowest BCUT2D eigenvalue weighted by molar-refractivity contribution is -0.147. The Balaban J connectivity index is 2.62. The highest BCUT2D eigenvalue weighted by atomic mass is 19.1. The minimum atomic E-state index is -1.28. The molecule has 0 N–H and O–H groups in total. The first-order valence-electron chi connectivity index (χ1n) is 6.44. The highest BCUT2D eigenvalue weighted by Crippen LogP contribution is 2.23. The second-order valence-electron chi connectivity index (χ2n) is 5.69. The maximum absolute atomic E-state index is 13.8. The molecule has 2 unspecified atom stereocenters. The Morgan fingerprint density at radius 1 is 1.21 bits per heavy atom. The summed E-state index contributed by atoms with van der Waals surface area (Å²) in [6.07, 6.45) is -1.36. The molecule has 0 saturated carbocycles. The summed E-state index contributed by atoms with van der Waals surface area (Å²) < 4.78 is 23.7. The van der Waals surface area contributed by atoms with Gasteiger partial charge < -0.3 is 14.4 Å². The van der Waals surface area contributed by atoms with Crippen LogP contribution in [0.2, 0.25) is 0 Å². The number of esters is 1. The first-order valence-corrected chi connectivity index (χ1v) is 6.44. The van der Waals surface area contributed by atoms with Crippen LogP contribution < -0.4 is 0 Å². The summed E-state index contributed by atoms with van der Waals surface area (Å²) in [6.45, 7) is 5.88. The van der Waals surface area contributed by atoms with Crippen LogP contribution in [0.1, 0.15) is 33.6 Å². The number of ether oxygens (including phenoxy) is 2. The summed E-state index contributed by atoms with van der Waals surface area (Å²) in [7, 11) is 1.24. The topological polar surface area (TPSA) is 55.8 Å². The number of methoxy groups -OCH3 is 1. The molecule has 5 nitrogen and oxygen atoms in total. The van der Waals surface area contributed by atoms with Gasteiger partial charge in [0.1, 0.15) is 11.8 Å². The molecule has 0 aromatic carbocycles. The van der Waals surface area contributed by atoms with Crippen molar-refractivity contribution in [1.29, 1.82) is 0 Å². The van der Waals surface area contributed by atoms with Crippen molar-refractivity contribution >= 4 is 12.1 Å². The third-order valence-electron chi connectivity index (χ3n) is 2.98. The van der Waals surface area contributed by atoms with Crippen molar-refractivity contribution < 1.29 is 23.5 Å². The van der Waals surface area contributed by atoms with E-state index in [1.807, 2.05) is 0 Å². The molecular formula is C13H22FNO4. The number of rotatable bonds is 1. The lowest BCUT2D eigenvalue weighted by Crippen LogP contribution is -2.37. The van der Waals surface area contributed by atoms with E-state index < -0.39 is 29.8 Å². The van der Waals surface area contributed by atoms with Crippen LogP contribution in [0.3, 0.4) is 0 Å². The van der Waals surface area contributed by atoms with E-state index in [4.69, 9.17) is 4.74 Å². The standard InChI is InChI=1S/C13H22FNO4/c1-13(2,3)19-12(17)15-7-5-9(11(16)18-4)10(14)6-8-15/h9-10H,5-8H2,1-4H3. The maximum atomic E-state index is 13.8. The van der Waals surface area contributed by atoms with Crippen molar-refractivity contribution in [2.75, 3.05) is 20.2 Å². The molecule has 1 amide bonds. The van der Waals surface area contributed by atoms with Gasteiger partial charge in [0, 0.05) is 13.1 Å². The van der Waals surface area contributed by atoms with Crippen LogP contribution in [0.15, 0.2) is 0 Å². The average Bonchev–Trinajstić information content (AvgIpc) is 2.48. The Kier molecular flexibility index (Phi) is 5.14. The monoisotopic (exact) mass is 275 g/mol. The number of carbonyl (C=O) groups is 2. The van der Waals surface area contributed by atoms with Gasteiger partial charge in [-0.2, -0.15) is 0 Å². The fraction of sp³-hybridized carbons (Fsp3) is 0.846. The largest absolute Gasteiger partial charge is 0.469 e. The third kappa shape index (κ3) is 4.69. The Morgan fingerprint density at radius 2 is 1.79 bits per heavy atom. The van der Waals surface area contributed by atoms with Crippen LogP contribution in [0.5, 0.6) is 0 Å². The fourth-order valence-corrected chi connectivity index (χ4v) is 1.99. The maximum Gasteiger partial charge on any atom is 0.410 e. The molecule has 19 heavy (non-hydrogen) atoms. The van der Waals surface area contributed by atoms with Gasteiger partial charge in [-0.3, -0.25) is 4.79 Å². The molecule has 1 aliphatic rings. The number of alkyl halides is 1. The third-order valence-corrected chi connectivity index (χ3v) is 2.98. The number of hydrogen-bond acceptors (Lipinski definition) is 4. The smallest absolute Gasteiger partial charge is 0.410 e. The molecule has 0 bridgehead atoms. The van der Waals surface area contributed by atoms with Crippen molar-refractivity contribution in [1.82, 2.24) is 4.90 Å². The predicted molar refractivity (Wildman–Crippen MR) is 67.4 cm³/mol. The van der Waals surface area contributed by atoms with Gasteiger partial charge in [-0.1, -0.05) is 0 Å². The number of amides is 1. The van der Waals surface area contributed by atoms with E-state index in [-0.39, 0.29) is 19.4 Å². The highest BCUT2D eigenvalue weighted by Gasteiger charge is 2.34. The van der Waals surface area contributed by atoms with Crippen LogP contribution in [0.25, 0.3) is 0 Å². The molecule has 1 heterocycles. The molecule has 0 aromatic heterocycles. The molecule has 0 aliphatic carbocycles. The zero-order chi connectivity index (χ0) is 14.6. The normalized spacial score (nSPS) is 24.6.